The molecule has 18 heavy (non-hydrogen) atoms. The van der Waals surface area contributed by atoms with Crippen molar-refractivity contribution in [2.45, 2.75) is 19.4 Å². The second-order valence-corrected chi connectivity index (χ2v) is 5.33. The van der Waals surface area contributed by atoms with Crippen molar-refractivity contribution < 1.29 is 14.7 Å². The second kappa shape index (κ2) is 3.83. The van der Waals surface area contributed by atoms with Gasteiger partial charge in [-0.2, -0.15) is 0 Å². The molecule has 2 saturated heterocycles. The lowest BCUT2D eigenvalue weighted by atomic mass is 9.58. The highest BCUT2D eigenvalue weighted by molar-refractivity contribution is 6.04. The fraction of sp³-hybridized carbons (Fsp3) is 0.429. The van der Waals surface area contributed by atoms with Crippen LogP contribution in [-0.2, 0) is 16.1 Å². The molecule has 4 rings (SSSR count). The maximum Gasteiger partial charge on any atom is 0.319 e. The maximum atomic E-state index is 12.3. The van der Waals surface area contributed by atoms with Crippen molar-refractivity contribution in [2.24, 2.45) is 11.3 Å². The predicted octanol–water partition coefficient (Wildman–Crippen LogP) is 1.51. The molecule has 1 amide bonds. The van der Waals surface area contributed by atoms with E-state index in [0.717, 1.165) is 5.56 Å². The molecule has 3 fully saturated rings. The zero-order valence-corrected chi connectivity index (χ0v) is 10.0. The Hall–Kier alpha value is -1.84. The van der Waals surface area contributed by atoms with Gasteiger partial charge in [-0.25, -0.2) is 0 Å². The number of carbonyl (C=O) groups is 2. The van der Waals surface area contributed by atoms with Gasteiger partial charge in [-0.1, -0.05) is 30.3 Å². The number of carbonyl (C=O) groups excluding carboxylic acids is 1. The molecule has 3 aliphatic rings. The highest BCUT2D eigenvalue weighted by Crippen LogP contribution is 2.51. The van der Waals surface area contributed by atoms with Crippen LogP contribution in [0.25, 0.3) is 0 Å². The molecule has 1 saturated carbocycles. The third-order valence-electron chi connectivity index (χ3n) is 4.08. The molecular formula is C14H15NO3. The van der Waals surface area contributed by atoms with Gasteiger partial charge in [0.25, 0.3) is 0 Å². The molecule has 2 aliphatic heterocycles. The first kappa shape index (κ1) is 11.3. The van der Waals surface area contributed by atoms with E-state index in [-0.39, 0.29) is 5.91 Å². The minimum Gasteiger partial charge on any atom is -0.480 e. The van der Waals surface area contributed by atoms with Gasteiger partial charge >= 0.3 is 5.97 Å². The normalized spacial score (nSPS) is 29.9. The number of amides is 1. The molecule has 1 N–H and O–H groups in total. The summed E-state index contributed by atoms with van der Waals surface area (Å²) in [4.78, 5) is 25.2. The number of aliphatic carboxylic acids is 1. The Morgan fingerprint density at radius 2 is 2.00 bits per heavy atom. The van der Waals surface area contributed by atoms with E-state index in [1.165, 1.54) is 0 Å². The zero-order valence-electron chi connectivity index (χ0n) is 10.0. The number of rotatable bonds is 3. The minimum atomic E-state index is -1.11. The molecule has 2 bridgehead atoms. The molecule has 0 spiro atoms. The Balaban J connectivity index is 1.79. The van der Waals surface area contributed by atoms with Crippen LogP contribution < -0.4 is 0 Å². The SMILES string of the molecule is O=C(O)C12CC(CN(Cc3ccccc3)C1=O)C2. The Bertz CT molecular complexity index is 491. The third-order valence-corrected chi connectivity index (χ3v) is 4.08. The van der Waals surface area contributed by atoms with E-state index in [9.17, 15) is 14.7 Å². The van der Waals surface area contributed by atoms with Crippen LogP contribution in [0.1, 0.15) is 18.4 Å². The van der Waals surface area contributed by atoms with Gasteiger partial charge in [0.15, 0.2) is 0 Å². The molecule has 4 heteroatoms. The molecule has 94 valence electrons. The number of fused-ring (bicyclic) bond motifs is 2. The summed E-state index contributed by atoms with van der Waals surface area (Å²) in [7, 11) is 0. The van der Waals surface area contributed by atoms with Crippen molar-refractivity contribution in [2.75, 3.05) is 6.54 Å². The van der Waals surface area contributed by atoms with Crippen molar-refractivity contribution in [1.29, 1.82) is 0 Å². The summed E-state index contributed by atoms with van der Waals surface area (Å²) in [6, 6.07) is 9.70. The molecule has 4 nitrogen and oxygen atoms in total. The second-order valence-electron chi connectivity index (χ2n) is 5.33. The standard InChI is InChI=1S/C14H15NO3/c16-12-14(13(17)18)6-11(7-14)9-15(12)8-10-4-2-1-3-5-10/h1-5,11H,6-9H2,(H,17,18). The van der Waals surface area contributed by atoms with Crippen molar-refractivity contribution in [1.82, 2.24) is 4.90 Å². The molecule has 0 unspecified atom stereocenters. The lowest BCUT2D eigenvalue weighted by Gasteiger charge is -2.52. The number of hydrogen-bond acceptors (Lipinski definition) is 2. The highest BCUT2D eigenvalue weighted by atomic mass is 16.4. The molecule has 1 aromatic carbocycles. The van der Waals surface area contributed by atoms with E-state index in [0.29, 0.717) is 31.8 Å². The fourth-order valence-electron chi connectivity index (χ4n) is 3.13. The third kappa shape index (κ3) is 1.52. The van der Waals surface area contributed by atoms with Crippen LogP contribution in [-0.4, -0.2) is 28.4 Å². The van der Waals surface area contributed by atoms with Gasteiger partial charge in [0.1, 0.15) is 5.41 Å². The summed E-state index contributed by atoms with van der Waals surface area (Å²) in [5, 5.41) is 9.24. The molecular weight excluding hydrogens is 230 g/mol. The first-order valence-corrected chi connectivity index (χ1v) is 6.18. The number of hydrogen-bond donors (Lipinski definition) is 1. The van der Waals surface area contributed by atoms with E-state index in [2.05, 4.69) is 0 Å². The molecule has 0 aromatic heterocycles. The number of nitrogens with zero attached hydrogens (tertiary/aromatic N) is 1. The lowest BCUT2D eigenvalue weighted by Crippen LogP contribution is -2.63. The molecule has 0 atom stereocenters. The van der Waals surface area contributed by atoms with Crippen molar-refractivity contribution >= 4 is 11.9 Å². The van der Waals surface area contributed by atoms with Gasteiger partial charge in [-0.3, -0.25) is 9.59 Å². The Morgan fingerprint density at radius 1 is 1.33 bits per heavy atom. The van der Waals surface area contributed by atoms with Crippen molar-refractivity contribution in [3.05, 3.63) is 35.9 Å². The highest BCUT2D eigenvalue weighted by Gasteiger charge is 2.61. The van der Waals surface area contributed by atoms with Crippen LogP contribution >= 0.6 is 0 Å². The topological polar surface area (TPSA) is 57.6 Å². The number of benzene rings is 1. The minimum absolute atomic E-state index is 0.207. The Morgan fingerprint density at radius 3 is 2.61 bits per heavy atom. The summed E-state index contributed by atoms with van der Waals surface area (Å²) in [6.07, 6.45) is 1.04. The molecule has 2 heterocycles. The molecule has 0 radical (unpaired) electrons. The summed E-state index contributed by atoms with van der Waals surface area (Å²) < 4.78 is 0. The maximum absolute atomic E-state index is 12.3. The van der Waals surface area contributed by atoms with Gasteiger partial charge in [-0.15, -0.1) is 0 Å². The van der Waals surface area contributed by atoms with Crippen LogP contribution in [0.15, 0.2) is 30.3 Å². The molecule has 1 aromatic rings. The Labute approximate surface area is 105 Å². The van der Waals surface area contributed by atoms with Gasteiger partial charge in [0, 0.05) is 13.1 Å². The molecule has 1 aliphatic carbocycles. The summed E-state index contributed by atoms with van der Waals surface area (Å²) in [6.45, 7) is 1.22. The van der Waals surface area contributed by atoms with Crippen LogP contribution in [0.4, 0.5) is 0 Å². The average molecular weight is 245 g/mol. The van der Waals surface area contributed by atoms with Gasteiger partial charge in [0.05, 0.1) is 0 Å². The zero-order chi connectivity index (χ0) is 12.8. The summed E-state index contributed by atoms with van der Waals surface area (Å²) >= 11 is 0. The van der Waals surface area contributed by atoms with Crippen LogP contribution in [0.2, 0.25) is 0 Å². The first-order chi connectivity index (χ1) is 8.62. The van der Waals surface area contributed by atoms with Crippen molar-refractivity contribution in [3.8, 4) is 0 Å². The van der Waals surface area contributed by atoms with Crippen LogP contribution in [0.5, 0.6) is 0 Å². The largest absolute Gasteiger partial charge is 0.480 e. The number of piperidine rings is 2. The van der Waals surface area contributed by atoms with E-state index < -0.39 is 11.4 Å². The summed E-state index contributed by atoms with van der Waals surface area (Å²) in [5.41, 5.74) is -0.0646. The van der Waals surface area contributed by atoms with Gasteiger partial charge < -0.3 is 10.0 Å². The predicted molar refractivity (Wildman–Crippen MR) is 64.7 cm³/mol. The smallest absolute Gasteiger partial charge is 0.319 e. The Kier molecular flexibility index (Phi) is 2.40. The van der Waals surface area contributed by atoms with E-state index in [1.54, 1.807) is 4.90 Å². The van der Waals surface area contributed by atoms with Crippen molar-refractivity contribution in [3.63, 3.8) is 0 Å². The summed E-state index contributed by atoms with van der Waals surface area (Å²) in [5.74, 6) is -0.801. The number of carboxylic acids is 1. The van der Waals surface area contributed by atoms with E-state index in [4.69, 9.17) is 0 Å². The number of carboxylic acid groups (broad SMARTS) is 1. The van der Waals surface area contributed by atoms with Crippen LogP contribution in [0, 0.1) is 11.3 Å². The first-order valence-electron chi connectivity index (χ1n) is 6.18. The fourth-order valence-corrected chi connectivity index (χ4v) is 3.13. The van der Waals surface area contributed by atoms with E-state index in [1.807, 2.05) is 30.3 Å². The van der Waals surface area contributed by atoms with Gasteiger partial charge in [-0.05, 0) is 24.3 Å². The van der Waals surface area contributed by atoms with Crippen LogP contribution in [0.3, 0.4) is 0 Å². The monoisotopic (exact) mass is 245 g/mol. The van der Waals surface area contributed by atoms with Gasteiger partial charge in [0.2, 0.25) is 5.91 Å². The van der Waals surface area contributed by atoms with E-state index >= 15 is 0 Å². The quantitative estimate of drug-likeness (QED) is 0.821. The lowest BCUT2D eigenvalue weighted by molar-refractivity contribution is -0.182. The average Bonchev–Trinajstić information content (AvgIpc) is 2.31.